The zero-order chi connectivity index (χ0) is 17.2. The Morgan fingerprint density at radius 2 is 1.96 bits per heavy atom. The number of ether oxygens (including phenoxy) is 2. The van der Waals surface area contributed by atoms with E-state index in [4.69, 9.17) is 15.2 Å². The van der Waals surface area contributed by atoms with Crippen molar-refractivity contribution in [3.63, 3.8) is 0 Å². The second-order valence-electron chi connectivity index (χ2n) is 4.86. The predicted molar refractivity (Wildman–Crippen MR) is 96.9 cm³/mol. The van der Waals surface area contributed by atoms with Gasteiger partial charge in [-0.1, -0.05) is 0 Å². The Hall–Kier alpha value is -1.83. The molecule has 0 aliphatic heterocycles. The fraction of sp³-hybridized carbons (Fsp3) is 0.500. The van der Waals surface area contributed by atoms with E-state index >= 15 is 0 Å². The van der Waals surface area contributed by atoms with Crippen molar-refractivity contribution in [2.75, 3.05) is 37.4 Å². The number of halogens is 1. The molecular formula is C16H26ClN3O4. The van der Waals surface area contributed by atoms with Crippen LogP contribution in [0.3, 0.4) is 0 Å². The summed E-state index contributed by atoms with van der Waals surface area (Å²) in [6.07, 6.45) is -0.201. The largest absolute Gasteiger partial charge is 0.462 e. The van der Waals surface area contributed by atoms with E-state index < -0.39 is 5.97 Å². The zero-order valence-electron chi connectivity index (χ0n) is 14.3. The van der Waals surface area contributed by atoms with E-state index in [0.29, 0.717) is 24.4 Å². The maximum Gasteiger partial charge on any atom is 0.338 e. The number of carbonyl (C=O) groups is 2. The van der Waals surface area contributed by atoms with Crippen molar-refractivity contribution in [1.82, 2.24) is 0 Å². The van der Waals surface area contributed by atoms with Crippen molar-refractivity contribution in [2.45, 2.75) is 26.4 Å². The van der Waals surface area contributed by atoms with Gasteiger partial charge in [0.1, 0.15) is 0 Å². The van der Waals surface area contributed by atoms with Crippen LogP contribution in [0.5, 0.6) is 0 Å². The maximum absolute atomic E-state index is 12.1. The average molecular weight is 360 g/mol. The molecular weight excluding hydrogens is 334 g/mol. The zero-order valence-corrected chi connectivity index (χ0v) is 15.1. The van der Waals surface area contributed by atoms with Crippen LogP contribution in [0.1, 0.15) is 30.6 Å². The van der Waals surface area contributed by atoms with Crippen LogP contribution in [-0.2, 0) is 14.3 Å². The van der Waals surface area contributed by atoms with Crippen LogP contribution >= 0.6 is 12.4 Å². The topological polar surface area (TPSA) is 103 Å². The maximum atomic E-state index is 12.1. The van der Waals surface area contributed by atoms with E-state index in [2.05, 4.69) is 10.6 Å². The Morgan fingerprint density at radius 3 is 2.50 bits per heavy atom. The van der Waals surface area contributed by atoms with Crippen LogP contribution in [0.2, 0.25) is 0 Å². The summed E-state index contributed by atoms with van der Waals surface area (Å²) >= 11 is 0. The first-order valence-corrected chi connectivity index (χ1v) is 7.63. The number of hydrogen-bond donors (Lipinski definition) is 3. The van der Waals surface area contributed by atoms with Gasteiger partial charge in [0.25, 0.3) is 0 Å². The summed E-state index contributed by atoms with van der Waals surface area (Å²) in [5.74, 6) is -0.662. The highest BCUT2D eigenvalue weighted by Gasteiger charge is 2.15. The van der Waals surface area contributed by atoms with Gasteiger partial charge in [-0.3, -0.25) is 4.79 Å². The molecule has 0 radical (unpaired) electrons. The highest BCUT2D eigenvalue weighted by Crippen LogP contribution is 2.24. The monoisotopic (exact) mass is 359 g/mol. The summed E-state index contributed by atoms with van der Waals surface area (Å²) < 4.78 is 10.1. The normalized spacial score (nSPS) is 11.2. The Balaban J connectivity index is 0.00000529. The van der Waals surface area contributed by atoms with Gasteiger partial charge in [0.15, 0.2) is 0 Å². The first-order valence-electron chi connectivity index (χ1n) is 7.63. The molecule has 1 unspecified atom stereocenters. The molecule has 1 amide bonds. The molecule has 0 fully saturated rings. The van der Waals surface area contributed by atoms with Gasteiger partial charge in [-0.15, -0.1) is 12.4 Å². The van der Waals surface area contributed by atoms with Gasteiger partial charge in [-0.25, -0.2) is 4.79 Å². The van der Waals surface area contributed by atoms with E-state index in [0.717, 1.165) is 5.69 Å². The molecule has 7 nitrogen and oxygen atoms in total. The number of methoxy groups -OCH3 is 1. The van der Waals surface area contributed by atoms with Gasteiger partial charge in [0, 0.05) is 20.2 Å². The summed E-state index contributed by atoms with van der Waals surface area (Å²) in [5, 5.41) is 5.93. The lowest BCUT2D eigenvalue weighted by Crippen LogP contribution is -2.28. The number of benzene rings is 1. The number of hydrogen-bond acceptors (Lipinski definition) is 6. The quantitative estimate of drug-likeness (QED) is 0.583. The number of carbonyl (C=O) groups excluding carboxylic acids is 2. The minimum atomic E-state index is -0.428. The van der Waals surface area contributed by atoms with Crippen molar-refractivity contribution in [1.29, 1.82) is 0 Å². The lowest BCUT2D eigenvalue weighted by Gasteiger charge is -2.16. The van der Waals surface area contributed by atoms with Gasteiger partial charge in [-0.05, 0) is 32.0 Å². The first kappa shape index (κ1) is 22.2. The molecule has 0 heterocycles. The number of esters is 1. The van der Waals surface area contributed by atoms with Gasteiger partial charge >= 0.3 is 5.97 Å². The second-order valence-corrected chi connectivity index (χ2v) is 4.86. The fourth-order valence-corrected chi connectivity index (χ4v) is 2.00. The van der Waals surface area contributed by atoms with Gasteiger partial charge in [-0.2, -0.15) is 0 Å². The molecule has 1 aromatic carbocycles. The molecule has 0 bridgehead atoms. The Morgan fingerprint density at radius 1 is 1.25 bits per heavy atom. The summed E-state index contributed by atoms with van der Waals surface area (Å²) in [7, 11) is 1.51. The number of rotatable bonds is 9. The third-order valence-electron chi connectivity index (χ3n) is 3.18. The minimum Gasteiger partial charge on any atom is -0.462 e. The van der Waals surface area contributed by atoms with Crippen LogP contribution < -0.4 is 16.4 Å². The summed E-state index contributed by atoms with van der Waals surface area (Å²) in [6, 6.07) is 4.99. The smallest absolute Gasteiger partial charge is 0.338 e. The van der Waals surface area contributed by atoms with Crippen molar-refractivity contribution in [3.8, 4) is 0 Å². The molecule has 1 aromatic rings. The van der Waals surface area contributed by atoms with E-state index in [1.54, 1.807) is 25.1 Å². The molecule has 24 heavy (non-hydrogen) atoms. The van der Waals surface area contributed by atoms with Crippen LogP contribution in [0.25, 0.3) is 0 Å². The van der Waals surface area contributed by atoms with Gasteiger partial charge in [0.05, 0.1) is 36.1 Å². The SMILES string of the molecule is CCNc1ccc(C(=O)OCC)cc1NC(=O)CC(CN)OC.Cl. The van der Waals surface area contributed by atoms with Gasteiger partial charge in [0.2, 0.25) is 5.91 Å². The lowest BCUT2D eigenvalue weighted by molar-refractivity contribution is -0.118. The summed E-state index contributed by atoms with van der Waals surface area (Å²) in [4.78, 5) is 23.9. The molecule has 0 spiro atoms. The number of nitrogens with one attached hydrogen (secondary N) is 2. The lowest BCUT2D eigenvalue weighted by atomic mass is 10.1. The predicted octanol–water partition coefficient (Wildman–Crippen LogP) is 2.02. The van der Waals surface area contributed by atoms with Crippen LogP contribution in [-0.4, -0.2) is 44.8 Å². The minimum absolute atomic E-state index is 0. The van der Waals surface area contributed by atoms with E-state index in [9.17, 15) is 9.59 Å². The average Bonchev–Trinajstić information content (AvgIpc) is 2.54. The molecule has 8 heteroatoms. The molecule has 1 atom stereocenters. The van der Waals surface area contributed by atoms with Crippen LogP contribution in [0.15, 0.2) is 18.2 Å². The highest BCUT2D eigenvalue weighted by atomic mass is 35.5. The molecule has 0 saturated carbocycles. The fourth-order valence-electron chi connectivity index (χ4n) is 2.00. The summed E-state index contributed by atoms with van der Waals surface area (Å²) in [6.45, 7) is 4.92. The number of nitrogens with two attached hydrogens (primary N) is 1. The molecule has 0 saturated heterocycles. The number of anilines is 2. The van der Waals surface area contributed by atoms with Crippen molar-refractivity contribution in [2.24, 2.45) is 5.73 Å². The Kier molecular flexibility index (Phi) is 10.8. The number of amides is 1. The van der Waals surface area contributed by atoms with Gasteiger partial charge < -0.3 is 25.8 Å². The Labute approximate surface area is 148 Å². The molecule has 1 rings (SSSR count). The molecule has 0 aliphatic carbocycles. The molecule has 4 N–H and O–H groups in total. The molecule has 0 aromatic heterocycles. The third-order valence-corrected chi connectivity index (χ3v) is 3.18. The Bertz CT molecular complexity index is 536. The van der Waals surface area contributed by atoms with E-state index in [1.165, 1.54) is 7.11 Å². The second kappa shape index (κ2) is 11.7. The molecule has 0 aliphatic rings. The first-order chi connectivity index (χ1) is 11.0. The van der Waals surface area contributed by atoms with E-state index in [1.807, 2.05) is 6.92 Å². The summed E-state index contributed by atoms with van der Waals surface area (Å²) in [5.41, 5.74) is 7.16. The van der Waals surface area contributed by atoms with E-state index in [-0.39, 0.29) is 37.4 Å². The van der Waals surface area contributed by atoms with Crippen molar-refractivity contribution in [3.05, 3.63) is 23.8 Å². The third kappa shape index (κ3) is 6.74. The van der Waals surface area contributed by atoms with Crippen molar-refractivity contribution >= 4 is 35.7 Å². The van der Waals surface area contributed by atoms with Crippen LogP contribution in [0, 0.1) is 0 Å². The van der Waals surface area contributed by atoms with Crippen LogP contribution in [0.4, 0.5) is 11.4 Å². The highest BCUT2D eigenvalue weighted by molar-refractivity contribution is 5.98. The van der Waals surface area contributed by atoms with Crippen molar-refractivity contribution < 1.29 is 19.1 Å². The molecule has 136 valence electrons. The standard InChI is InChI=1S/C16H25N3O4.ClH/c1-4-18-13-7-6-11(16(21)23-5-2)8-14(13)19-15(20)9-12(10-17)22-3;/h6-8,12,18H,4-5,9-10,17H2,1-3H3,(H,19,20);1H.